The van der Waals surface area contributed by atoms with Crippen LogP contribution in [0.15, 0.2) is 29.7 Å². The van der Waals surface area contributed by atoms with Crippen LogP contribution >= 0.6 is 11.6 Å². The average Bonchev–Trinajstić information content (AvgIpc) is 2.47. The zero-order chi connectivity index (χ0) is 17.1. The molecule has 1 aliphatic carbocycles. The van der Waals surface area contributed by atoms with Crippen molar-refractivity contribution >= 4 is 23.2 Å². The number of fused-ring (bicyclic) bond motifs is 1. The third kappa shape index (κ3) is 3.94. The van der Waals surface area contributed by atoms with Gasteiger partial charge in [0.15, 0.2) is 0 Å². The minimum Gasteiger partial charge on any atom is -0.486 e. The van der Waals surface area contributed by atoms with Crippen molar-refractivity contribution < 1.29 is 19.1 Å². The van der Waals surface area contributed by atoms with Gasteiger partial charge in [-0.15, -0.1) is 0 Å². The Morgan fingerprint density at radius 1 is 0.870 bits per heavy atom. The molecule has 0 aliphatic heterocycles. The molecule has 0 spiro atoms. The van der Waals surface area contributed by atoms with Crippen LogP contribution in [0.5, 0.6) is 0 Å². The summed E-state index contributed by atoms with van der Waals surface area (Å²) in [4.78, 5) is 25.4. The molecule has 0 saturated heterocycles. The first-order chi connectivity index (χ1) is 10.8. The van der Waals surface area contributed by atoms with Crippen molar-refractivity contribution in [2.45, 2.75) is 27.7 Å². The van der Waals surface area contributed by atoms with E-state index >= 15 is 0 Å². The second-order valence-electron chi connectivity index (χ2n) is 6.42. The van der Waals surface area contributed by atoms with Crippen LogP contribution in [0, 0.1) is 11.8 Å². The molecular weight excluding hydrogens is 316 g/mol. The van der Waals surface area contributed by atoms with E-state index in [-0.39, 0.29) is 40.5 Å². The largest absolute Gasteiger partial charge is 0.486 e. The van der Waals surface area contributed by atoms with Gasteiger partial charge in [0.25, 0.3) is 0 Å². The van der Waals surface area contributed by atoms with Crippen molar-refractivity contribution in [1.82, 2.24) is 0 Å². The Balaban J connectivity index is 2.44. The summed E-state index contributed by atoms with van der Waals surface area (Å²) in [7, 11) is 0. The molecule has 1 aromatic carbocycles. The van der Waals surface area contributed by atoms with E-state index in [1.54, 1.807) is 12.1 Å². The Morgan fingerprint density at radius 2 is 1.35 bits per heavy atom. The molecule has 0 N–H and O–H groups in total. The fourth-order valence-corrected chi connectivity index (χ4v) is 2.29. The van der Waals surface area contributed by atoms with Gasteiger partial charge in [-0.1, -0.05) is 39.3 Å². The lowest BCUT2D eigenvalue weighted by atomic mass is 9.92. The molecule has 0 heterocycles. The first-order valence-electron chi connectivity index (χ1n) is 7.70. The topological polar surface area (TPSA) is 52.6 Å². The second kappa shape index (κ2) is 7.18. The maximum Gasteiger partial charge on any atom is 0.232 e. The van der Waals surface area contributed by atoms with E-state index in [2.05, 4.69) is 0 Å². The van der Waals surface area contributed by atoms with Crippen LogP contribution in [0.2, 0.25) is 5.02 Å². The van der Waals surface area contributed by atoms with E-state index in [1.807, 2.05) is 27.7 Å². The molecule has 0 unspecified atom stereocenters. The van der Waals surface area contributed by atoms with Gasteiger partial charge in [0, 0.05) is 16.1 Å². The van der Waals surface area contributed by atoms with Gasteiger partial charge in [-0.05, 0) is 30.0 Å². The lowest BCUT2D eigenvalue weighted by molar-refractivity contribution is 0.0701. The number of rotatable bonds is 6. The smallest absolute Gasteiger partial charge is 0.232 e. The zero-order valence-corrected chi connectivity index (χ0v) is 14.6. The quantitative estimate of drug-likeness (QED) is 0.778. The monoisotopic (exact) mass is 336 g/mol. The van der Waals surface area contributed by atoms with E-state index in [0.717, 1.165) is 0 Å². The molecule has 23 heavy (non-hydrogen) atoms. The SMILES string of the molecule is CC(C)COC1=C(OCC(C)C)C(=O)c2cc(Cl)ccc2C1=O. The molecule has 0 fully saturated rings. The van der Waals surface area contributed by atoms with Crippen LogP contribution in [0.1, 0.15) is 48.4 Å². The summed E-state index contributed by atoms with van der Waals surface area (Å²) in [6, 6.07) is 4.64. The van der Waals surface area contributed by atoms with E-state index in [4.69, 9.17) is 21.1 Å². The van der Waals surface area contributed by atoms with E-state index < -0.39 is 0 Å². The van der Waals surface area contributed by atoms with Crippen molar-refractivity contribution in [2.75, 3.05) is 13.2 Å². The van der Waals surface area contributed by atoms with Crippen LogP contribution in [0.4, 0.5) is 0 Å². The highest BCUT2D eigenvalue weighted by Gasteiger charge is 2.35. The predicted octanol–water partition coefficient (Wildman–Crippen LogP) is 4.28. The van der Waals surface area contributed by atoms with Crippen LogP contribution < -0.4 is 0 Å². The van der Waals surface area contributed by atoms with Crippen molar-refractivity contribution in [1.29, 1.82) is 0 Å². The highest BCUT2D eigenvalue weighted by atomic mass is 35.5. The molecule has 0 radical (unpaired) electrons. The molecule has 1 aliphatic rings. The Hall–Kier alpha value is -1.81. The second-order valence-corrected chi connectivity index (χ2v) is 6.85. The average molecular weight is 337 g/mol. The van der Waals surface area contributed by atoms with Gasteiger partial charge in [-0.25, -0.2) is 0 Å². The van der Waals surface area contributed by atoms with E-state index in [0.29, 0.717) is 23.8 Å². The zero-order valence-electron chi connectivity index (χ0n) is 13.8. The fraction of sp³-hybridized carbons (Fsp3) is 0.444. The maximum atomic E-state index is 12.7. The summed E-state index contributed by atoms with van der Waals surface area (Å²) in [5, 5.41) is 0.402. The Morgan fingerprint density at radius 3 is 1.83 bits per heavy atom. The van der Waals surface area contributed by atoms with E-state index in [1.165, 1.54) is 6.07 Å². The molecular formula is C18H21ClO4. The van der Waals surface area contributed by atoms with Gasteiger partial charge in [-0.2, -0.15) is 0 Å². The number of hydrogen-bond acceptors (Lipinski definition) is 4. The highest BCUT2D eigenvalue weighted by Crippen LogP contribution is 2.30. The lowest BCUT2D eigenvalue weighted by Gasteiger charge is -2.22. The summed E-state index contributed by atoms with van der Waals surface area (Å²) in [6.45, 7) is 8.55. The number of carbonyl (C=O) groups excluding carboxylic acids is 2. The van der Waals surface area contributed by atoms with Gasteiger partial charge < -0.3 is 9.47 Å². The summed E-state index contributed by atoms with van der Waals surface area (Å²) < 4.78 is 11.2. The van der Waals surface area contributed by atoms with Crippen molar-refractivity contribution in [3.63, 3.8) is 0 Å². The summed E-state index contributed by atoms with van der Waals surface area (Å²) in [5.74, 6) is -0.267. The third-order valence-electron chi connectivity index (χ3n) is 3.21. The maximum absolute atomic E-state index is 12.7. The van der Waals surface area contributed by atoms with Crippen LogP contribution in [-0.2, 0) is 9.47 Å². The predicted molar refractivity (Wildman–Crippen MR) is 88.7 cm³/mol. The number of ketones is 2. The Labute approximate surface area is 141 Å². The number of hydrogen-bond donors (Lipinski definition) is 0. The van der Waals surface area contributed by atoms with Gasteiger partial charge in [-0.3, -0.25) is 9.59 Å². The van der Waals surface area contributed by atoms with Crippen LogP contribution in [0.25, 0.3) is 0 Å². The summed E-state index contributed by atoms with van der Waals surface area (Å²) in [5.41, 5.74) is 0.563. The van der Waals surface area contributed by atoms with Crippen LogP contribution in [0.3, 0.4) is 0 Å². The standard InChI is InChI=1S/C18H21ClO4/c1-10(2)8-22-17-15(20)13-6-5-12(19)7-14(13)16(21)18(17)23-9-11(3)4/h5-7,10-11H,8-9H2,1-4H3. The van der Waals surface area contributed by atoms with Crippen molar-refractivity contribution in [2.24, 2.45) is 11.8 Å². The number of allylic oxidation sites excluding steroid dienone is 2. The van der Waals surface area contributed by atoms with Crippen molar-refractivity contribution in [3.8, 4) is 0 Å². The highest BCUT2D eigenvalue weighted by molar-refractivity contribution is 6.32. The van der Waals surface area contributed by atoms with Crippen LogP contribution in [-0.4, -0.2) is 24.8 Å². The van der Waals surface area contributed by atoms with Gasteiger partial charge in [0.05, 0.1) is 13.2 Å². The molecule has 0 amide bonds. The summed E-state index contributed by atoms with van der Waals surface area (Å²) >= 11 is 5.95. The number of ether oxygens (including phenoxy) is 2. The van der Waals surface area contributed by atoms with Gasteiger partial charge >= 0.3 is 0 Å². The Bertz CT molecular complexity index is 659. The Kier molecular flexibility index (Phi) is 5.47. The number of benzene rings is 1. The first kappa shape index (κ1) is 17.5. The normalized spacial score (nSPS) is 14.6. The number of carbonyl (C=O) groups is 2. The molecule has 0 aromatic heterocycles. The lowest BCUT2D eigenvalue weighted by Crippen LogP contribution is -2.26. The summed E-state index contributed by atoms with van der Waals surface area (Å²) in [6.07, 6.45) is 0. The molecule has 0 saturated carbocycles. The molecule has 1 aromatic rings. The number of Topliss-reactive ketones (excluding diaryl/α,β-unsaturated/α-hetero) is 2. The van der Waals surface area contributed by atoms with E-state index in [9.17, 15) is 9.59 Å². The molecule has 124 valence electrons. The minimum absolute atomic E-state index is 0.000766. The third-order valence-corrected chi connectivity index (χ3v) is 3.45. The first-order valence-corrected chi connectivity index (χ1v) is 8.07. The molecule has 5 heteroatoms. The van der Waals surface area contributed by atoms with Gasteiger partial charge in [0.2, 0.25) is 23.1 Å². The van der Waals surface area contributed by atoms with Gasteiger partial charge in [0.1, 0.15) is 0 Å². The molecule has 4 nitrogen and oxygen atoms in total. The number of halogens is 1. The molecule has 2 rings (SSSR count). The molecule has 0 atom stereocenters. The molecule has 0 bridgehead atoms. The fourth-order valence-electron chi connectivity index (χ4n) is 2.12. The van der Waals surface area contributed by atoms with Crippen molar-refractivity contribution in [3.05, 3.63) is 45.9 Å². The minimum atomic E-state index is -0.360.